The minimum Gasteiger partial charge on any atom is -0.480 e. The van der Waals surface area contributed by atoms with E-state index in [-0.39, 0.29) is 25.0 Å². The molecule has 0 saturated heterocycles. The zero-order chi connectivity index (χ0) is 13.7. The van der Waals surface area contributed by atoms with Crippen molar-refractivity contribution in [1.82, 2.24) is 9.80 Å². The predicted octanol–water partition coefficient (Wildman–Crippen LogP) is 1.31. The quantitative estimate of drug-likeness (QED) is 0.776. The largest absolute Gasteiger partial charge is 0.480 e. The molecule has 5 heteroatoms. The lowest BCUT2D eigenvalue weighted by Gasteiger charge is -2.27. The van der Waals surface area contributed by atoms with Gasteiger partial charge in [-0.2, -0.15) is 0 Å². The number of carbonyl (C=O) groups excluding carboxylic acids is 1. The van der Waals surface area contributed by atoms with Crippen LogP contribution in [0.2, 0.25) is 0 Å². The molecule has 0 aromatic rings. The van der Waals surface area contributed by atoms with Crippen LogP contribution in [0, 0.1) is 0 Å². The molecule has 0 atom stereocenters. The van der Waals surface area contributed by atoms with Crippen molar-refractivity contribution in [2.75, 3.05) is 20.1 Å². The summed E-state index contributed by atoms with van der Waals surface area (Å²) >= 11 is 0. The number of carbonyl (C=O) groups is 2. The third kappa shape index (κ3) is 4.14. The van der Waals surface area contributed by atoms with Gasteiger partial charge in [-0.25, -0.2) is 0 Å². The molecule has 18 heavy (non-hydrogen) atoms. The van der Waals surface area contributed by atoms with Gasteiger partial charge in [-0.05, 0) is 33.1 Å². The van der Waals surface area contributed by atoms with Gasteiger partial charge in [0, 0.05) is 18.8 Å². The molecule has 0 aliphatic heterocycles. The van der Waals surface area contributed by atoms with Crippen molar-refractivity contribution in [1.29, 1.82) is 0 Å². The molecule has 0 fully saturated rings. The summed E-state index contributed by atoms with van der Waals surface area (Å²) in [6.45, 7) is 3.84. The number of carboxylic acids is 1. The van der Waals surface area contributed by atoms with Crippen LogP contribution in [0.25, 0.3) is 0 Å². The van der Waals surface area contributed by atoms with Gasteiger partial charge in [-0.1, -0.05) is 6.08 Å². The number of likely N-dealkylation sites (N-methyl/N-ethyl adjacent to an activating group) is 1. The van der Waals surface area contributed by atoms with E-state index in [0.717, 1.165) is 25.0 Å². The molecule has 0 bridgehead atoms. The maximum absolute atomic E-state index is 12.1. The van der Waals surface area contributed by atoms with E-state index < -0.39 is 5.97 Å². The average molecular weight is 254 g/mol. The average Bonchev–Trinajstić information content (AvgIpc) is 2.79. The molecule has 5 nitrogen and oxygen atoms in total. The van der Waals surface area contributed by atoms with E-state index in [9.17, 15) is 9.59 Å². The highest BCUT2D eigenvalue weighted by molar-refractivity contribution is 5.80. The van der Waals surface area contributed by atoms with Gasteiger partial charge < -0.3 is 10.0 Å². The highest BCUT2D eigenvalue weighted by atomic mass is 16.4. The molecule has 1 rings (SSSR count). The topological polar surface area (TPSA) is 60.9 Å². The highest BCUT2D eigenvalue weighted by Gasteiger charge is 2.21. The van der Waals surface area contributed by atoms with Crippen LogP contribution in [0.5, 0.6) is 0 Å². The zero-order valence-electron chi connectivity index (χ0n) is 11.3. The van der Waals surface area contributed by atoms with E-state index in [1.54, 1.807) is 16.8 Å². The standard InChI is InChI=1S/C13H22N2O3/c1-10(2)15(9-13(17)18)8-12(16)14(3)11-6-4-5-7-11/h6,10H,4-5,7-9H2,1-3H3,(H,17,18). The number of hydrogen-bond acceptors (Lipinski definition) is 3. The van der Waals surface area contributed by atoms with Gasteiger partial charge in [0.05, 0.1) is 13.1 Å². The van der Waals surface area contributed by atoms with E-state index in [2.05, 4.69) is 6.08 Å². The molecule has 0 radical (unpaired) electrons. The maximum atomic E-state index is 12.1. The van der Waals surface area contributed by atoms with Gasteiger partial charge in [0.15, 0.2) is 0 Å². The van der Waals surface area contributed by atoms with Crippen molar-refractivity contribution in [3.05, 3.63) is 11.8 Å². The number of aliphatic carboxylic acids is 1. The van der Waals surface area contributed by atoms with Crippen LogP contribution in [0.15, 0.2) is 11.8 Å². The molecule has 0 unspecified atom stereocenters. The summed E-state index contributed by atoms with van der Waals surface area (Å²) in [5, 5.41) is 8.82. The van der Waals surface area contributed by atoms with Crippen molar-refractivity contribution in [3.8, 4) is 0 Å². The van der Waals surface area contributed by atoms with E-state index in [0.29, 0.717) is 0 Å². The minimum atomic E-state index is -0.903. The van der Waals surface area contributed by atoms with Crippen LogP contribution >= 0.6 is 0 Å². The van der Waals surface area contributed by atoms with Crippen molar-refractivity contribution in [2.45, 2.75) is 39.2 Å². The number of nitrogens with zero attached hydrogens (tertiary/aromatic N) is 2. The van der Waals surface area contributed by atoms with Crippen LogP contribution in [-0.4, -0.2) is 53.0 Å². The van der Waals surface area contributed by atoms with Crippen molar-refractivity contribution in [2.24, 2.45) is 0 Å². The second-order valence-corrected chi connectivity index (χ2v) is 4.93. The molecule has 102 valence electrons. The number of hydrogen-bond donors (Lipinski definition) is 1. The SMILES string of the molecule is CC(C)N(CC(=O)O)CC(=O)N(C)C1=CCCC1. The van der Waals surface area contributed by atoms with Crippen LogP contribution < -0.4 is 0 Å². The number of allylic oxidation sites excluding steroid dienone is 2. The molecule has 0 aromatic carbocycles. The highest BCUT2D eigenvalue weighted by Crippen LogP contribution is 2.20. The molecule has 1 N–H and O–H groups in total. The Kier molecular flexibility index (Phi) is 5.34. The Morgan fingerprint density at radius 2 is 2.06 bits per heavy atom. The van der Waals surface area contributed by atoms with Gasteiger partial charge in [-0.3, -0.25) is 14.5 Å². The Balaban J connectivity index is 2.57. The van der Waals surface area contributed by atoms with Gasteiger partial charge >= 0.3 is 5.97 Å². The molecule has 1 aliphatic rings. The maximum Gasteiger partial charge on any atom is 0.317 e. The van der Waals surface area contributed by atoms with E-state index in [4.69, 9.17) is 5.11 Å². The van der Waals surface area contributed by atoms with Crippen molar-refractivity contribution < 1.29 is 14.7 Å². The Bertz CT molecular complexity index is 350. The van der Waals surface area contributed by atoms with E-state index in [1.165, 1.54) is 0 Å². The third-order valence-corrected chi connectivity index (χ3v) is 3.23. The smallest absolute Gasteiger partial charge is 0.317 e. The lowest BCUT2D eigenvalue weighted by molar-refractivity contribution is -0.140. The van der Waals surface area contributed by atoms with E-state index >= 15 is 0 Å². The Morgan fingerprint density at radius 3 is 2.50 bits per heavy atom. The normalized spacial score (nSPS) is 15.1. The summed E-state index contributed by atoms with van der Waals surface area (Å²) in [7, 11) is 1.76. The summed E-state index contributed by atoms with van der Waals surface area (Å²) in [6, 6.07) is 0.0380. The fourth-order valence-electron chi connectivity index (χ4n) is 1.99. The molecular weight excluding hydrogens is 232 g/mol. The fourth-order valence-corrected chi connectivity index (χ4v) is 1.99. The summed E-state index contributed by atoms with van der Waals surface area (Å²) in [6.07, 6.45) is 5.13. The summed E-state index contributed by atoms with van der Waals surface area (Å²) in [5.41, 5.74) is 1.05. The first kappa shape index (κ1) is 14.7. The van der Waals surface area contributed by atoms with Crippen LogP contribution in [0.1, 0.15) is 33.1 Å². The fraction of sp³-hybridized carbons (Fsp3) is 0.692. The summed E-state index contributed by atoms with van der Waals surface area (Å²) in [5.74, 6) is -0.947. The molecule has 1 aliphatic carbocycles. The zero-order valence-corrected chi connectivity index (χ0v) is 11.3. The lowest BCUT2D eigenvalue weighted by Crippen LogP contribution is -2.43. The molecular formula is C13H22N2O3. The first-order chi connectivity index (χ1) is 8.41. The summed E-state index contributed by atoms with van der Waals surface area (Å²) in [4.78, 5) is 26.1. The monoisotopic (exact) mass is 254 g/mol. The number of rotatable bonds is 6. The number of amides is 1. The van der Waals surface area contributed by atoms with Crippen LogP contribution in [0.4, 0.5) is 0 Å². The van der Waals surface area contributed by atoms with Gasteiger partial charge in [-0.15, -0.1) is 0 Å². The van der Waals surface area contributed by atoms with Crippen LogP contribution in [0.3, 0.4) is 0 Å². The second-order valence-electron chi connectivity index (χ2n) is 4.93. The molecule has 0 heterocycles. The van der Waals surface area contributed by atoms with E-state index in [1.807, 2.05) is 13.8 Å². The summed E-state index contributed by atoms with van der Waals surface area (Å²) < 4.78 is 0. The van der Waals surface area contributed by atoms with Crippen LogP contribution in [-0.2, 0) is 9.59 Å². The Morgan fingerprint density at radius 1 is 1.39 bits per heavy atom. The predicted molar refractivity (Wildman–Crippen MR) is 69.0 cm³/mol. The Labute approximate surface area is 108 Å². The lowest BCUT2D eigenvalue weighted by atomic mass is 10.3. The molecule has 1 amide bonds. The van der Waals surface area contributed by atoms with Crippen molar-refractivity contribution >= 4 is 11.9 Å². The van der Waals surface area contributed by atoms with Gasteiger partial charge in [0.1, 0.15) is 0 Å². The van der Waals surface area contributed by atoms with Gasteiger partial charge in [0.2, 0.25) is 5.91 Å². The first-order valence-corrected chi connectivity index (χ1v) is 6.33. The van der Waals surface area contributed by atoms with Crippen molar-refractivity contribution in [3.63, 3.8) is 0 Å². The first-order valence-electron chi connectivity index (χ1n) is 6.33. The minimum absolute atomic E-state index is 0.0380. The number of carboxylic acid groups (broad SMARTS) is 1. The Hall–Kier alpha value is -1.36. The second kappa shape index (κ2) is 6.54. The third-order valence-electron chi connectivity index (χ3n) is 3.23. The molecule has 0 aromatic heterocycles. The molecule has 0 spiro atoms. The van der Waals surface area contributed by atoms with Gasteiger partial charge in [0.25, 0.3) is 0 Å². The molecule has 0 saturated carbocycles.